The summed E-state index contributed by atoms with van der Waals surface area (Å²) in [5.74, 6) is 2.55. The first kappa shape index (κ1) is 20.7. The summed E-state index contributed by atoms with van der Waals surface area (Å²) in [6.07, 6.45) is 9.26. The Bertz CT molecular complexity index is 605. The summed E-state index contributed by atoms with van der Waals surface area (Å²) in [4.78, 5) is 11.1. The minimum atomic E-state index is -0.707. The van der Waals surface area contributed by atoms with E-state index in [1.54, 1.807) is 0 Å². The molecule has 0 aromatic carbocycles. The van der Waals surface area contributed by atoms with Gasteiger partial charge in [0.15, 0.2) is 0 Å². The van der Waals surface area contributed by atoms with E-state index in [-0.39, 0.29) is 29.5 Å². The van der Waals surface area contributed by atoms with Gasteiger partial charge in [0, 0.05) is 6.42 Å². The Balaban J connectivity index is 1.56. The molecule has 4 aliphatic rings. The molecule has 4 nitrogen and oxygen atoms in total. The Morgan fingerprint density at radius 1 is 1.04 bits per heavy atom. The molecule has 0 aliphatic heterocycles. The lowest BCUT2D eigenvalue weighted by atomic mass is 9.43. The molecule has 0 aromatic rings. The van der Waals surface area contributed by atoms with Gasteiger partial charge in [0.2, 0.25) is 0 Å². The standard InChI is InChI=1S/C24H40O4/c1-14(4-9-22(27)28)18-7-8-19-17-6-5-15-12-16(25)10-11-23(15,2)20(17)13-21(26)24(18,19)3/h14-21,25-26H,4-13H2,1-3H3,(H,27,28)/t14-,15-,16-,17+,18+,19+,20+,21+,23+,24+/m1/s1. The fraction of sp³-hybridized carbons (Fsp3) is 0.958. The molecule has 4 rings (SSSR count). The third-order valence-electron chi connectivity index (χ3n) is 10.3. The minimum Gasteiger partial charge on any atom is -0.481 e. The maximum absolute atomic E-state index is 11.5. The van der Waals surface area contributed by atoms with Crippen LogP contribution >= 0.6 is 0 Å². The van der Waals surface area contributed by atoms with E-state index in [0.717, 1.165) is 38.5 Å². The lowest BCUT2D eigenvalue weighted by Gasteiger charge is -2.62. The Morgan fingerprint density at radius 2 is 1.79 bits per heavy atom. The number of hydrogen-bond donors (Lipinski definition) is 3. The zero-order valence-corrected chi connectivity index (χ0v) is 17.9. The van der Waals surface area contributed by atoms with Crippen molar-refractivity contribution in [3.63, 3.8) is 0 Å². The molecule has 0 unspecified atom stereocenters. The van der Waals surface area contributed by atoms with Gasteiger partial charge in [-0.2, -0.15) is 0 Å². The Hall–Kier alpha value is -0.610. The Kier molecular flexibility index (Phi) is 5.36. The third kappa shape index (κ3) is 3.05. The average Bonchev–Trinajstić information content (AvgIpc) is 3.00. The first-order valence-corrected chi connectivity index (χ1v) is 11.8. The topological polar surface area (TPSA) is 77.8 Å². The molecule has 0 spiro atoms. The predicted octanol–water partition coefficient (Wildman–Crippen LogP) is 4.48. The summed E-state index contributed by atoms with van der Waals surface area (Å²) in [7, 11) is 0. The molecular weight excluding hydrogens is 352 g/mol. The van der Waals surface area contributed by atoms with Crippen molar-refractivity contribution in [1.29, 1.82) is 0 Å². The van der Waals surface area contributed by atoms with Crippen molar-refractivity contribution < 1.29 is 20.1 Å². The summed E-state index contributed by atoms with van der Waals surface area (Å²) in [5, 5.41) is 30.8. The molecule has 4 heteroatoms. The van der Waals surface area contributed by atoms with Crippen LogP contribution in [0.1, 0.15) is 85.0 Å². The van der Waals surface area contributed by atoms with Crippen LogP contribution in [0.15, 0.2) is 0 Å². The number of rotatable bonds is 4. The largest absolute Gasteiger partial charge is 0.481 e. The van der Waals surface area contributed by atoms with Crippen LogP contribution in [-0.2, 0) is 4.79 Å². The molecule has 28 heavy (non-hydrogen) atoms. The molecule has 0 heterocycles. The van der Waals surface area contributed by atoms with E-state index in [2.05, 4.69) is 20.8 Å². The van der Waals surface area contributed by atoms with Crippen LogP contribution in [0.3, 0.4) is 0 Å². The maximum Gasteiger partial charge on any atom is 0.303 e. The molecule has 0 aromatic heterocycles. The number of aliphatic carboxylic acids is 1. The molecule has 10 atom stereocenters. The highest BCUT2D eigenvalue weighted by molar-refractivity contribution is 5.66. The van der Waals surface area contributed by atoms with Gasteiger partial charge in [0.25, 0.3) is 0 Å². The summed E-state index contributed by atoms with van der Waals surface area (Å²) < 4.78 is 0. The van der Waals surface area contributed by atoms with Gasteiger partial charge in [0.1, 0.15) is 0 Å². The van der Waals surface area contributed by atoms with Crippen molar-refractivity contribution >= 4 is 5.97 Å². The van der Waals surface area contributed by atoms with Gasteiger partial charge in [-0.15, -0.1) is 0 Å². The highest BCUT2D eigenvalue weighted by Crippen LogP contribution is 2.68. The second kappa shape index (κ2) is 7.27. The van der Waals surface area contributed by atoms with Gasteiger partial charge < -0.3 is 15.3 Å². The van der Waals surface area contributed by atoms with E-state index in [1.165, 1.54) is 19.3 Å². The molecule has 0 radical (unpaired) electrons. The molecule has 4 aliphatic carbocycles. The second-order valence-corrected chi connectivity index (χ2v) is 11.3. The predicted molar refractivity (Wildman–Crippen MR) is 109 cm³/mol. The van der Waals surface area contributed by atoms with Crippen LogP contribution in [-0.4, -0.2) is 33.5 Å². The zero-order valence-electron chi connectivity index (χ0n) is 17.9. The van der Waals surface area contributed by atoms with Crippen LogP contribution in [0.25, 0.3) is 0 Å². The number of hydrogen-bond acceptors (Lipinski definition) is 3. The third-order valence-corrected chi connectivity index (χ3v) is 10.3. The van der Waals surface area contributed by atoms with Crippen LogP contribution < -0.4 is 0 Å². The minimum absolute atomic E-state index is 0.0591. The lowest BCUT2D eigenvalue weighted by Crippen LogP contribution is -2.58. The van der Waals surface area contributed by atoms with Gasteiger partial charge >= 0.3 is 5.97 Å². The monoisotopic (exact) mass is 392 g/mol. The first-order chi connectivity index (χ1) is 13.2. The number of fused-ring (bicyclic) bond motifs is 5. The van der Waals surface area contributed by atoms with E-state index in [0.29, 0.717) is 35.5 Å². The van der Waals surface area contributed by atoms with Gasteiger partial charge in [0.05, 0.1) is 12.2 Å². The number of carboxylic acid groups (broad SMARTS) is 1. The van der Waals surface area contributed by atoms with Crippen LogP contribution in [0, 0.1) is 46.3 Å². The number of carbonyl (C=O) groups is 1. The van der Waals surface area contributed by atoms with Crippen molar-refractivity contribution in [2.75, 3.05) is 0 Å². The maximum atomic E-state index is 11.5. The van der Waals surface area contributed by atoms with E-state index < -0.39 is 5.97 Å². The fourth-order valence-electron chi connectivity index (χ4n) is 8.71. The van der Waals surface area contributed by atoms with Gasteiger partial charge in [-0.25, -0.2) is 0 Å². The van der Waals surface area contributed by atoms with E-state index in [4.69, 9.17) is 5.11 Å². The van der Waals surface area contributed by atoms with Crippen molar-refractivity contribution in [3.8, 4) is 0 Å². The summed E-state index contributed by atoms with van der Waals surface area (Å²) >= 11 is 0. The van der Waals surface area contributed by atoms with Gasteiger partial charge in [-0.1, -0.05) is 20.8 Å². The molecule has 0 amide bonds. The summed E-state index contributed by atoms with van der Waals surface area (Å²) in [6, 6.07) is 0. The number of aliphatic hydroxyl groups is 2. The van der Waals surface area contributed by atoms with E-state index in [1.807, 2.05) is 0 Å². The van der Waals surface area contributed by atoms with E-state index in [9.17, 15) is 15.0 Å². The van der Waals surface area contributed by atoms with E-state index >= 15 is 0 Å². The quantitative estimate of drug-likeness (QED) is 0.659. The number of carboxylic acids is 1. The Morgan fingerprint density at radius 3 is 2.50 bits per heavy atom. The molecule has 4 saturated carbocycles. The van der Waals surface area contributed by atoms with Crippen LogP contribution in [0.4, 0.5) is 0 Å². The molecular formula is C24H40O4. The highest BCUT2D eigenvalue weighted by Gasteiger charge is 2.63. The SMILES string of the molecule is C[C@H](CCC(=O)O)[C@@H]1CC[C@H]2[C@@H]3CC[C@@H]4C[C@H](O)CC[C@]4(C)[C@H]3C[C@H](O)[C@]21C. The first-order valence-electron chi connectivity index (χ1n) is 11.8. The van der Waals surface area contributed by atoms with Crippen molar-refractivity contribution in [2.45, 2.75) is 97.2 Å². The van der Waals surface area contributed by atoms with Gasteiger partial charge in [-0.3, -0.25) is 4.79 Å². The highest BCUT2D eigenvalue weighted by atomic mass is 16.4. The zero-order chi connectivity index (χ0) is 20.3. The lowest BCUT2D eigenvalue weighted by molar-refractivity contribution is -0.175. The smallest absolute Gasteiger partial charge is 0.303 e. The molecule has 160 valence electrons. The van der Waals surface area contributed by atoms with Crippen LogP contribution in [0.5, 0.6) is 0 Å². The summed E-state index contributed by atoms with van der Waals surface area (Å²) in [5.41, 5.74) is 0.216. The average molecular weight is 393 g/mol. The molecule has 3 N–H and O–H groups in total. The normalized spacial score (nSPS) is 51.7. The molecule has 4 fully saturated rings. The van der Waals surface area contributed by atoms with Crippen LogP contribution in [0.2, 0.25) is 0 Å². The second-order valence-electron chi connectivity index (χ2n) is 11.3. The summed E-state index contributed by atoms with van der Waals surface area (Å²) in [6.45, 7) is 6.99. The van der Waals surface area contributed by atoms with Crippen molar-refractivity contribution in [3.05, 3.63) is 0 Å². The molecule has 0 saturated heterocycles. The molecule has 0 bridgehead atoms. The van der Waals surface area contributed by atoms with Crippen molar-refractivity contribution in [1.82, 2.24) is 0 Å². The van der Waals surface area contributed by atoms with Crippen molar-refractivity contribution in [2.24, 2.45) is 46.3 Å². The Labute approximate surface area is 170 Å². The fourth-order valence-corrected chi connectivity index (χ4v) is 8.71. The van der Waals surface area contributed by atoms with Gasteiger partial charge in [-0.05, 0) is 104 Å². The number of aliphatic hydroxyl groups excluding tert-OH is 2.